The van der Waals surface area contributed by atoms with Crippen molar-refractivity contribution in [2.24, 2.45) is 5.92 Å². The number of urea groups is 1. The molecule has 3 amide bonds. The standard InChI is InChI=1S/C10H17N3O2/c1-12-4-2-8(6-12)7-13-5-3-9(14)11-10(13)15/h8H,2-7H2,1H3,(H,11,14,15). The van der Waals surface area contributed by atoms with Gasteiger partial charge >= 0.3 is 6.03 Å². The van der Waals surface area contributed by atoms with Gasteiger partial charge in [-0.1, -0.05) is 0 Å². The van der Waals surface area contributed by atoms with Gasteiger partial charge in [-0.05, 0) is 25.9 Å². The Morgan fingerprint density at radius 2 is 2.20 bits per heavy atom. The van der Waals surface area contributed by atoms with Crippen molar-refractivity contribution in [2.45, 2.75) is 12.8 Å². The predicted octanol–water partition coefficient (Wildman–Crippen LogP) is -0.120. The molecule has 1 unspecified atom stereocenters. The lowest BCUT2D eigenvalue weighted by Gasteiger charge is -2.28. The maximum atomic E-state index is 11.5. The van der Waals surface area contributed by atoms with E-state index in [1.54, 1.807) is 4.90 Å². The molecule has 15 heavy (non-hydrogen) atoms. The van der Waals surface area contributed by atoms with Crippen LogP contribution in [0.5, 0.6) is 0 Å². The largest absolute Gasteiger partial charge is 0.324 e. The van der Waals surface area contributed by atoms with E-state index in [2.05, 4.69) is 17.3 Å². The summed E-state index contributed by atoms with van der Waals surface area (Å²) in [4.78, 5) is 26.4. The van der Waals surface area contributed by atoms with E-state index >= 15 is 0 Å². The molecule has 1 atom stereocenters. The third-order valence-electron chi connectivity index (χ3n) is 3.11. The minimum atomic E-state index is -0.221. The van der Waals surface area contributed by atoms with Crippen LogP contribution in [0.2, 0.25) is 0 Å². The molecule has 2 aliphatic rings. The molecule has 2 aliphatic heterocycles. The first-order valence-electron chi connectivity index (χ1n) is 5.42. The predicted molar refractivity (Wildman–Crippen MR) is 55.3 cm³/mol. The van der Waals surface area contributed by atoms with Gasteiger partial charge in [0.15, 0.2) is 0 Å². The fraction of sp³-hybridized carbons (Fsp3) is 0.800. The summed E-state index contributed by atoms with van der Waals surface area (Å²) in [5.74, 6) is 0.411. The molecule has 0 radical (unpaired) electrons. The number of hydrogen-bond acceptors (Lipinski definition) is 3. The van der Waals surface area contributed by atoms with Gasteiger partial charge in [0.25, 0.3) is 0 Å². The first-order valence-corrected chi connectivity index (χ1v) is 5.42. The minimum Gasteiger partial charge on any atom is -0.324 e. The second-order valence-electron chi connectivity index (χ2n) is 4.47. The van der Waals surface area contributed by atoms with E-state index in [0.717, 1.165) is 26.1 Å². The van der Waals surface area contributed by atoms with Crippen LogP contribution in [-0.2, 0) is 4.79 Å². The first kappa shape index (κ1) is 10.4. The minimum absolute atomic E-state index is 0.153. The van der Waals surface area contributed by atoms with E-state index < -0.39 is 0 Å². The Hall–Kier alpha value is -1.10. The fourth-order valence-electron chi connectivity index (χ4n) is 2.26. The van der Waals surface area contributed by atoms with E-state index in [1.807, 2.05) is 0 Å². The second kappa shape index (κ2) is 4.18. The molecule has 2 heterocycles. The molecular weight excluding hydrogens is 194 g/mol. The number of carbonyl (C=O) groups excluding carboxylic acids is 2. The summed E-state index contributed by atoms with van der Waals surface area (Å²) in [6.07, 6.45) is 1.59. The Labute approximate surface area is 89.4 Å². The van der Waals surface area contributed by atoms with Gasteiger partial charge in [-0.15, -0.1) is 0 Å². The van der Waals surface area contributed by atoms with Crippen molar-refractivity contribution in [3.63, 3.8) is 0 Å². The Morgan fingerprint density at radius 1 is 1.40 bits per heavy atom. The lowest BCUT2D eigenvalue weighted by atomic mass is 10.1. The average Bonchev–Trinajstić information content (AvgIpc) is 2.56. The number of rotatable bonds is 2. The summed E-state index contributed by atoms with van der Waals surface area (Å²) in [5.41, 5.74) is 0. The van der Waals surface area contributed by atoms with E-state index in [4.69, 9.17) is 0 Å². The Balaban J connectivity index is 1.84. The van der Waals surface area contributed by atoms with Gasteiger partial charge in [0.05, 0.1) is 0 Å². The monoisotopic (exact) mass is 211 g/mol. The number of amides is 3. The van der Waals surface area contributed by atoms with E-state index in [-0.39, 0.29) is 11.9 Å². The molecular formula is C10H17N3O2. The van der Waals surface area contributed by atoms with Crippen LogP contribution in [0.4, 0.5) is 4.79 Å². The molecule has 5 heteroatoms. The molecule has 0 aromatic heterocycles. The van der Waals surface area contributed by atoms with Crippen molar-refractivity contribution in [3.8, 4) is 0 Å². The smallest absolute Gasteiger partial charge is 0.324 e. The second-order valence-corrected chi connectivity index (χ2v) is 4.47. The van der Waals surface area contributed by atoms with E-state index in [0.29, 0.717) is 18.9 Å². The van der Waals surface area contributed by atoms with Crippen LogP contribution in [-0.4, -0.2) is 55.0 Å². The fourth-order valence-corrected chi connectivity index (χ4v) is 2.26. The van der Waals surface area contributed by atoms with E-state index in [9.17, 15) is 9.59 Å². The van der Waals surface area contributed by atoms with Crippen LogP contribution in [0.25, 0.3) is 0 Å². The van der Waals surface area contributed by atoms with Gasteiger partial charge in [-0.3, -0.25) is 10.1 Å². The molecule has 0 aromatic rings. The summed E-state index contributed by atoms with van der Waals surface area (Å²) >= 11 is 0. The molecule has 0 bridgehead atoms. The van der Waals surface area contributed by atoms with Gasteiger partial charge in [-0.25, -0.2) is 4.79 Å². The van der Waals surface area contributed by atoms with E-state index in [1.165, 1.54) is 0 Å². The van der Waals surface area contributed by atoms with Crippen LogP contribution >= 0.6 is 0 Å². The highest BCUT2D eigenvalue weighted by Gasteiger charge is 2.27. The summed E-state index contributed by atoms with van der Waals surface area (Å²) in [6.45, 7) is 3.52. The zero-order valence-electron chi connectivity index (χ0n) is 9.03. The molecule has 1 N–H and O–H groups in total. The zero-order valence-corrected chi connectivity index (χ0v) is 9.03. The lowest BCUT2D eigenvalue weighted by molar-refractivity contribution is -0.121. The number of hydrogen-bond donors (Lipinski definition) is 1. The number of carbonyl (C=O) groups is 2. The molecule has 2 fully saturated rings. The molecule has 84 valence electrons. The molecule has 0 spiro atoms. The SMILES string of the molecule is CN1CCC(CN2CCC(=O)NC2=O)C1. The Morgan fingerprint density at radius 3 is 2.80 bits per heavy atom. The third kappa shape index (κ3) is 2.47. The number of nitrogens with one attached hydrogen (secondary N) is 1. The Bertz CT molecular complexity index is 280. The van der Waals surface area contributed by atoms with Crippen molar-refractivity contribution in [2.75, 3.05) is 33.2 Å². The first-order chi connectivity index (χ1) is 7.15. The highest BCUT2D eigenvalue weighted by atomic mass is 16.2. The summed E-state index contributed by atoms with van der Waals surface area (Å²) < 4.78 is 0. The molecule has 2 rings (SSSR count). The third-order valence-corrected chi connectivity index (χ3v) is 3.11. The number of likely N-dealkylation sites (tertiary alicyclic amines) is 1. The summed E-state index contributed by atoms with van der Waals surface area (Å²) in [6, 6.07) is -0.221. The molecule has 2 saturated heterocycles. The van der Waals surface area contributed by atoms with Gasteiger partial charge in [-0.2, -0.15) is 0 Å². The van der Waals surface area contributed by atoms with Crippen LogP contribution in [0.15, 0.2) is 0 Å². The lowest BCUT2D eigenvalue weighted by Crippen LogP contribution is -2.50. The number of imide groups is 1. The van der Waals surface area contributed by atoms with Crippen molar-refractivity contribution in [3.05, 3.63) is 0 Å². The summed E-state index contributed by atoms with van der Waals surface area (Å²) in [5, 5.41) is 2.35. The number of nitrogens with zero attached hydrogens (tertiary/aromatic N) is 2. The highest BCUT2D eigenvalue weighted by Crippen LogP contribution is 2.16. The quantitative estimate of drug-likeness (QED) is 0.693. The maximum absolute atomic E-state index is 11.5. The molecule has 0 saturated carbocycles. The van der Waals surface area contributed by atoms with Gasteiger partial charge in [0.1, 0.15) is 0 Å². The summed E-state index contributed by atoms with van der Waals surface area (Å²) in [7, 11) is 2.10. The maximum Gasteiger partial charge on any atom is 0.324 e. The molecule has 5 nitrogen and oxygen atoms in total. The van der Waals surface area contributed by atoms with Crippen molar-refractivity contribution in [1.82, 2.24) is 15.1 Å². The van der Waals surface area contributed by atoms with Crippen molar-refractivity contribution in [1.29, 1.82) is 0 Å². The Kier molecular flexibility index (Phi) is 2.90. The zero-order chi connectivity index (χ0) is 10.8. The van der Waals surface area contributed by atoms with Gasteiger partial charge < -0.3 is 9.80 Å². The normalized spacial score (nSPS) is 28.3. The molecule has 0 aromatic carbocycles. The topological polar surface area (TPSA) is 52.6 Å². The van der Waals surface area contributed by atoms with Gasteiger partial charge in [0.2, 0.25) is 5.91 Å². The van der Waals surface area contributed by atoms with Crippen LogP contribution in [0, 0.1) is 5.92 Å². The van der Waals surface area contributed by atoms with Gasteiger partial charge in [0, 0.05) is 26.1 Å². The average molecular weight is 211 g/mol. The van der Waals surface area contributed by atoms with Crippen molar-refractivity contribution < 1.29 is 9.59 Å². The van der Waals surface area contributed by atoms with Crippen molar-refractivity contribution >= 4 is 11.9 Å². The van der Waals surface area contributed by atoms with Crippen LogP contribution in [0.1, 0.15) is 12.8 Å². The molecule has 0 aliphatic carbocycles. The van der Waals surface area contributed by atoms with Crippen LogP contribution in [0.3, 0.4) is 0 Å². The highest BCUT2D eigenvalue weighted by molar-refractivity contribution is 5.96. The van der Waals surface area contributed by atoms with Crippen LogP contribution < -0.4 is 5.32 Å².